The van der Waals surface area contributed by atoms with E-state index in [1.165, 1.54) is 14.0 Å². The van der Waals surface area contributed by atoms with Crippen molar-refractivity contribution in [2.45, 2.75) is 79.2 Å². The Morgan fingerprint density at radius 3 is 1.40 bits per heavy atom. The van der Waals surface area contributed by atoms with Crippen molar-refractivity contribution in [2.75, 3.05) is 20.3 Å². The van der Waals surface area contributed by atoms with Gasteiger partial charge in [0.25, 0.3) is 0 Å². The van der Waals surface area contributed by atoms with E-state index >= 15 is 0 Å². The third kappa shape index (κ3) is 39.2. The number of carbonyl (C=O) groups excluding carboxylic acids is 4. The standard InChI is InChI=1S/C10H14O7.8CH4/c1-7(11)5-16-6-10(14)17-9(13)4-3-8(12)15-2;;;;;;;;/h3-6H2,1-2H3;8*1H4. The molecular weight excluding hydrogens is 328 g/mol. The van der Waals surface area contributed by atoms with Crippen molar-refractivity contribution in [3.8, 4) is 0 Å². The lowest BCUT2D eigenvalue weighted by atomic mass is 10.3. The quantitative estimate of drug-likeness (QED) is 0.470. The number of carbonyl (C=O) groups is 4. The molecule has 25 heavy (non-hydrogen) atoms. The van der Waals surface area contributed by atoms with Gasteiger partial charge < -0.3 is 14.2 Å². The van der Waals surface area contributed by atoms with Gasteiger partial charge in [-0.15, -0.1) is 0 Å². The average molecular weight is 375 g/mol. The lowest BCUT2D eigenvalue weighted by molar-refractivity contribution is -0.164. The zero-order chi connectivity index (χ0) is 13.3. The summed E-state index contributed by atoms with van der Waals surface area (Å²) >= 11 is 0. The molecule has 0 aromatic carbocycles. The fourth-order valence-electron chi connectivity index (χ4n) is 0.792. The third-order valence-electron chi connectivity index (χ3n) is 1.51. The van der Waals surface area contributed by atoms with Crippen molar-refractivity contribution in [2.24, 2.45) is 0 Å². The Morgan fingerprint density at radius 2 is 1.04 bits per heavy atom. The minimum Gasteiger partial charge on any atom is -0.469 e. The zero-order valence-electron chi connectivity index (χ0n) is 9.69. The van der Waals surface area contributed by atoms with E-state index in [4.69, 9.17) is 0 Å². The minimum atomic E-state index is -0.902. The molecule has 0 amide bonds. The van der Waals surface area contributed by atoms with E-state index in [2.05, 4.69) is 14.2 Å². The van der Waals surface area contributed by atoms with Gasteiger partial charge in [-0.25, -0.2) is 4.79 Å². The largest absolute Gasteiger partial charge is 0.469 e. The van der Waals surface area contributed by atoms with Gasteiger partial charge in [-0.1, -0.05) is 59.4 Å². The van der Waals surface area contributed by atoms with Crippen LogP contribution in [0.3, 0.4) is 0 Å². The lowest BCUT2D eigenvalue weighted by Gasteiger charge is -2.02. The molecule has 160 valence electrons. The fourth-order valence-corrected chi connectivity index (χ4v) is 0.792. The molecular formula is C18H46O7. The average Bonchev–Trinajstić information content (AvgIpc) is 2.25. The molecule has 0 unspecified atom stereocenters. The van der Waals surface area contributed by atoms with E-state index < -0.39 is 24.5 Å². The molecule has 0 heterocycles. The zero-order valence-corrected chi connectivity index (χ0v) is 9.69. The van der Waals surface area contributed by atoms with Crippen LogP contribution in [0.5, 0.6) is 0 Å². The van der Waals surface area contributed by atoms with E-state index in [9.17, 15) is 19.2 Å². The molecule has 0 aromatic rings. The van der Waals surface area contributed by atoms with Crippen LogP contribution < -0.4 is 0 Å². The Labute approximate surface area is 157 Å². The number of Topliss-reactive ketones (excluding diaryl/α,β-unsaturated/α-hetero) is 1. The summed E-state index contributed by atoms with van der Waals surface area (Å²) in [6, 6.07) is 0. The lowest BCUT2D eigenvalue weighted by Crippen LogP contribution is -2.19. The van der Waals surface area contributed by atoms with Crippen molar-refractivity contribution in [3.63, 3.8) is 0 Å². The highest BCUT2D eigenvalue weighted by molar-refractivity contribution is 5.87. The number of ketones is 1. The van der Waals surface area contributed by atoms with Crippen LogP contribution in [0.15, 0.2) is 0 Å². The summed E-state index contributed by atoms with van der Waals surface area (Å²) in [6.45, 7) is 0.599. The summed E-state index contributed by atoms with van der Waals surface area (Å²) in [5.74, 6) is -2.55. The first-order chi connectivity index (χ1) is 7.95. The van der Waals surface area contributed by atoms with Gasteiger partial charge in [0.05, 0.1) is 20.0 Å². The molecule has 0 fully saturated rings. The van der Waals surface area contributed by atoms with Crippen LogP contribution >= 0.6 is 0 Å². The molecule has 0 saturated carbocycles. The first-order valence-corrected chi connectivity index (χ1v) is 4.83. The highest BCUT2D eigenvalue weighted by Gasteiger charge is 2.13. The summed E-state index contributed by atoms with van der Waals surface area (Å²) in [4.78, 5) is 43.1. The number of hydrogen-bond donors (Lipinski definition) is 0. The molecule has 0 aliphatic heterocycles. The molecule has 0 N–H and O–H groups in total. The van der Waals surface area contributed by atoms with Gasteiger partial charge in [-0.2, -0.15) is 0 Å². The van der Waals surface area contributed by atoms with Crippen molar-refractivity contribution in [3.05, 3.63) is 0 Å². The summed E-state index contributed by atoms with van der Waals surface area (Å²) in [7, 11) is 1.19. The number of ether oxygens (including phenoxy) is 3. The summed E-state index contributed by atoms with van der Waals surface area (Å²) < 4.78 is 13.2. The highest BCUT2D eigenvalue weighted by atomic mass is 16.6. The highest BCUT2D eigenvalue weighted by Crippen LogP contribution is 1.95. The van der Waals surface area contributed by atoms with E-state index in [1.54, 1.807) is 0 Å². The molecule has 0 atom stereocenters. The number of hydrogen-bond acceptors (Lipinski definition) is 7. The first kappa shape index (κ1) is 56.7. The van der Waals surface area contributed by atoms with Gasteiger partial charge in [0.2, 0.25) is 0 Å². The number of rotatable bonds is 7. The Balaban J connectivity index is -0.0000000457. The Morgan fingerprint density at radius 1 is 0.640 bits per heavy atom. The third-order valence-corrected chi connectivity index (χ3v) is 1.51. The molecule has 0 aliphatic rings. The first-order valence-electron chi connectivity index (χ1n) is 4.83. The monoisotopic (exact) mass is 374 g/mol. The molecule has 0 aromatic heterocycles. The summed E-state index contributed by atoms with van der Waals surface area (Å²) in [5.41, 5.74) is 0. The second kappa shape index (κ2) is 33.8. The molecule has 7 heteroatoms. The Hall–Kier alpha value is -1.76. The normalized spacial score (nSPS) is 6.48. The van der Waals surface area contributed by atoms with Gasteiger partial charge in [0.15, 0.2) is 5.78 Å². The maximum atomic E-state index is 11.0. The van der Waals surface area contributed by atoms with Gasteiger partial charge in [0.1, 0.15) is 13.2 Å². The predicted molar refractivity (Wildman–Crippen MR) is 108 cm³/mol. The molecule has 0 aliphatic carbocycles. The SMILES string of the molecule is C.C.C.C.C.C.C.C.COC(=O)CCC(=O)OC(=O)COCC(C)=O. The van der Waals surface area contributed by atoms with Crippen LogP contribution in [0, 0.1) is 0 Å². The Bertz CT molecular complexity index is 313. The van der Waals surface area contributed by atoms with E-state index in [0.717, 1.165) is 0 Å². The van der Waals surface area contributed by atoms with Gasteiger partial charge in [-0.05, 0) is 6.92 Å². The molecule has 0 bridgehead atoms. The van der Waals surface area contributed by atoms with Gasteiger partial charge in [0, 0.05) is 0 Å². The van der Waals surface area contributed by atoms with Crippen LogP contribution in [0.2, 0.25) is 0 Å². The molecule has 0 rings (SSSR count). The summed E-state index contributed by atoms with van der Waals surface area (Å²) in [6.07, 6.45) is -0.401. The van der Waals surface area contributed by atoms with Crippen molar-refractivity contribution in [1.29, 1.82) is 0 Å². The second-order valence-electron chi connectivity index (χ2n) is 3.12. The Kier molecular flexibility index (Phi) is 76.5. The van der Waals surface area contributed by atoms with E-state index in [-0.39, 0.29) is 84.6 Å². The minimum absolute atomic E-state index is 0. The predicted octanol–water partition coefficient (Wildman–Crippen LogP) is 4.70. The fraction of sp³-hybridized carbons (Fsp3) is 0.778. The number of esters is 3. The van der Waals surface area contributed by atoms with Crippen LogP contribution in [0.1, 0.15) is 79.2 Å². The molecule has 0 radical (unpaired) electrons. The topological polar surface area (TPSA) is 96.0 Å². The molecule has 0 spiro atoms. The van der Waals surface area contributed by atoms with Crippen molar-refractivity contribution >= 4 is 23.7 Å². The maximum Gasteiger partial charge on any atom is 0.339 e. The summed E-state index contributed by atoms with van der Waals surface area (Å²) in [5, 5.41) is 0. The second-order valence-corrected chi connectivity index (χ2v) is 3.12. The van der Waals surface area contributed by atoms with Crippen LogP contribution in [-0.2, 0) is 33.4 Å². The van der Waals surface area contributed by atoms with Crippen molar-refractivity contribution < 1.29 is 33.4 Å². The van der Waals surface area contributed by atoms with Crippen molar-refractivity contribution in [1.82, 2.24) is 0 Å². The van der Waals surface area contributed by atoms with Gasteiger partial charge >= 0.3 is 17.9 Å². The van der Waals surface area contributed by atoms with Crippen LogP contribution in [0.25, 0.3) is 0 Å². The van der Waals surface area contributed by atoms with Gasteiger partial charge in [-0.3, -0.25) is 14.4 Å². The van der Waals surface area contributed by atoms with E-state index in [0.29, 0.717) is 0 Å². The van der Waals surface area contributed by atoms with Crippen LogP contribution in [0.4, 0.5) is 0 Å². The van der Waals surface area contributed by atoms with Crippen LogP contribution in [-0.4, -0.2) is 44.0 Å². The maximum absolute atomic E-state index is 11.0. The smallest absolute Gasteiger partial charge is 0.339 e. The number of methoxy groups -OCH3 is 1. The van der Waals surface area contributed by atoms with E-state index in [1.807, 2.05) is 0 Å². The molecule has 7 nitrogen and oxygen atoms in total. The molecule has 0 saturated heterocycles.